The fraction of sp³-hybridized carbons (Fsp3) is 0.615. The molecule has 0 spiro atoms. The minimum atomic E-state index is -0.471. The highest BCUT2D eigenvalue weighted by Gasteiger charge is 2.46. The molecule has 3 N–H and O–H groups in total. The molecule has 3 rings (SSSR count). The molecule has 0 aliphatic carbocycles. The predicted molar refractivity (Wildman–Crippen MR) is 76.9 cm³/mol. The van der Waals surface area contributed by atoms with Crippen LogP contribution >= 0.6 is 0 Å². The Hall–Kier alpha value is -1.81. The number of hydrogen-bond donors (Lipinski definition) is 2. The Kier molecular flexibility index (Phi) is 4.21. The first-order chi connectivity index (χ1) is 10.7. The Morgan fingerprint density at radius 2 is 2.18 bits per heavy atom. The van der Waals surface area contributed by atoms with Crippen LogP contribution in [-0.4, -0.2) is 64.3 Å². The molecular formula is C13H19N5O4. The Bertz CT molecular complexity index is 648. The summed E-state index contributed by atoms with van der Waals surface area (Å²) >= 11 is 0. The number of ether oxygens (including phenoxy) is 3. The van der Waals surface area contributed by atoms with Crippen LogP contribution < -0.4 is 5.73 Å². The maximum absolute atomic E-state index is 9.65. The fourth-order valence-electron chi connectivity index (χ4n) is 2.90. The molecule has 0 amide bonds. The molecule has 120 valence electrons. The van der Waals surface area contributed by atoms with E-state index in [1.807, 2.05) is 0 Å². The number of aromatic nitrogens is 4. The van der Waals surface area contributed by atoms with Crippen molar-refractivity contribution in [2.24, 2.45) is 5.92 Å². The van der Waals surface area contributed by atoms with Crippen LogP contribution in [0.5, 0.6) is 0 Å². The lowest BCUT2D eigenvalue weighted by molar-refractivity contribution is -0.0627. The lowest BCUT2D eigenvalue weighted by atomic mass is 9.99. The summed E-state index contributed by atoms with van der Waals surface area (Å²) in [5, 5.41) is 9.65. The summed E-state index contributed by atoms with van der Waals surface area (Å²) in [5.74, 6) is 0.106. The van der Waals surface area contributed by atoms with Gasteiger partial charge in [-0.15, -0.1) is 0 Å². The first kappa shape index (κ1) is 15.1. The molecule has 0 aromatic carbocycles. The molecular weight excluding hydrogens is 290 g/mol. The second-order valence-electron chi connectivity index (χ2n) is 5.15. The molecule has 9 heteroatoms. The number of hydrogen-bond acceptors (Lipinski definition) is 8. The van der Waals surface area contributed by atoms with E-state index >= 15 is 0 Å². The van der Waals surface area contributed by atoms with E-state index in [4.69, 9.17) is 19.9 Å². The van der Waals surface area contributed by atoms with Gasteiger partial charge in [-0.05, 0) is 0 Å². The monoisotopic (exact) mass is 309 g/mol. The molecule has 2 unspecified atom stereocenters. The van der Waals surface area contributed by atoms with Gasteiger partial charge in [0.05, 0.1) is 25.6 Å². The van der Waals surface area contributed by atoms with Gasteiger partial charge < -0.3 is 25.1 Å². The van der Waals surface area contributed by atoms with Crippen LogP contribution in [0.3, 0.4) is 0 Å². The maximum atomic E-state index is 9.65. The van der Waals surface area contributed by atoms with E-state index in [1.54, 1.807) is 25.1 Å². The molecule has 3 heterocycles. The van der Waals surface area contributed by atoms with Crippen molar-refractivity contribution < 1.29 is 19.3 Å². The minimum absolute atomic E-state index is 0.0627. The number of aliphatic hydroxyl groups is 1. The summed E-state index contributed by atoms with van der Waals surface area (Å²) in [6, 6.07) is 0. The SMILES string of the molecule is COC[C@H]1O[C@@H](n2cnc3c(N)ncnc32)C(OC)C1CO. The molecule has 2 aromatic rings. The standard InChI is InChI=1S/C13H19N5O4/c1-20-4-8-7(3-19)10(21-2)13(22-8)18-6-17-9-11(14)15-5-16-12(9)18/h5-8,10,13,19H,3-4H2,1-2H3,(H2,14,15,16)/t7?,8-,10?,13-/m1/s1. The second kappa shape index (κ2) is 6.13. The van der Waals surface area contributed by atoms with Crippen molar-refractivity contribution in [3.8, 4) is 0 Å². The first-order valence-corrected chi connectivity index (χ1v) is 6.92. The Balaban J connectivity index is 2.00. The van der Waals surface area contributed by atoms with Gasteiger partial charge in [-0.2, -0.15) is 0 Å². The summed E-state index contributed by atoms with van der Waals surface area (Å²) < 4.78 is 18.5. The molecule has 1 aliphatic heterocycles. The number of aliphatic hydroxyl groups excluding tert-OH is 1. The third kappa shape index (κ3) is 2.31. The van der Waals surface area contributed by atoms with Crippen LogP contribution in [0, 0.1) is 5.92 Å². The smallest absolute Gasteiger partial charge is 0.167 e. The lowest BCUT2D eigenvalue weighted by Gasteiger charge is -2.21. The number of nitrogens with zero attached hydrogens (tertiary/aromatic N) is 4. The van der Waals surface area contributed by atoms with Crippen LogP contribution in [-0.2, 0) is 14.2 Å². The molecule has 22 heavy (non-hydrogen) atoms. The highest BCUT2D eigenvalue weighted by Crippen LogP contribution is 2.37. The number of anilines is 1. The largest absolute Gasteiger partial charge is 0.396 e. The van der Waals surface area contributed by atoms with Gasteiger partial charge in [0, 0.05) is 20.1 Å². The van der Waals surface area contributed by atoms with Crippen molar-refractivity contribution in [2.45, 2.75) is 18.4 Å². The van der Waals surface area contributed by atoms with E-state index in [9.17, 15) is 5.11 Å². The van der Waals surface area contributed by atoms with Gasteiger partial charge >= 0.3 is 0 Å². The van der Waals surface area contributed by atoms with E-state index in [0.717, 1.165) is 0 Å². The van der Waals surface area contributed by atoms with Crippen LogP contribution in [0.2, 0.25) is 0 Å². The van der Waals surface area contributed by atoms with Crippen molar-refractivity contribution in [1.29, 1.82) is 0 Å². The molecule has 0 saturated carbocycles. The number of rotatable bonds is 5. The molecule has 1 fully saturated rings. The van der Waals surface area contributed by atoms with Gasteiger partial charge in [0.15, 0.2) is 17.7 Å². The Morgan fingerprint density at radius 3 is 2.86 bits per heavy atom. The van der Waals surface area contributed by atoms with Gasteiger partial charge in [0.1, 0.15) is 17.9 Å². The number of nitrogens with two attached hydrogens (primary N) is 1. The third-order valence-electron chi connectivity index (χ3n) is 3.97. The van der Waals surface area contributed by atoms with Crippen molar-refractivity contribution in [3.05, 3.63) is 12.7 Å². The van der Waals surface area contributed by atoms with Gasteiger partial charge in [-0.25, -0.2) is 15.0 Å². The van der Waals surface area contributed by atoms with Gasteiger partial charge in [0.2, 0.25) is 0 Å². The van der Waals surface area contributed by atoms with Gasteiger partial charge in [-0.1, -0.05) is 0 Å². The Labute approximate surface area is 127 Å². The number of nitrogen functional groups attached to an aromatic ring is 1. The van der Waals surface area contributed by atoms with Crippen molar-refractivity contribution in [1.82, 2.24) is 19.5 Å². The third-order valence-corrected chi connectivity index (χ3v) is 3.97. The summed E-state index contributed by atoms with van der Waals surface area (Å²) in [6.45, 7) is 0.304. The molecule has 0 radical (unpaired) electrons. The molecule has 1 aliphatic rings. The molecule has 9 nitrogen and oxygen atoms in total. The number of fused-ring (bicyclic) bond motifs is 1. The summed E-state index contributed by atoms with van der Waals surface area (Å²) in [6.07, 6.45) is 1.88. The zero-order valence-electron chi connectivity index (χ0n) is 12.4. The van der Waals surface area contributed by atoms with Crippen molar-refractivity contribution in [3.63, 3.8) is 0 Å². The fourth-order valence-corrected chi connectivity index (χ4v) is 2.90. The summed E-state index contributed by atoms with van der Waals surface area (Å²) in [4.78, 5) is 12.4. The zero-order chi connectivity index (χ0) is 15.7. The molecule has 2 aromatic heterocycles. The maximum Gasteiger partial charge on any atom is 0.167 e. The average Bonchev–Trinajstić information content (AvgIpc) is 3.09. The molecule has 0 bridgehead atoms. The molecule has 4 atom stereocenters. The van der Waals surface area contributed by atoms with E-state index < -0.39 is 6.23 Å². The van der Waals surface area contributed by atoms with Crippen LogP contribution in [0.1, 0.15) is 6.23 Å². The highest BCUT2D eigenvalue weighted by atomic mass is 16.6. The predicted octanol–water partition coefficient (Wildman–Crippen LogP) is -0.424. The summed E-state index contributed by atoms with van der Waals surface area (Å²) in [7, 11) is 3.18. The second-order valence-corrected chi connectivity index (χ2v) is 5.15. The van der Waals surface area contributed by atoms with Gasteiger partial charge in [0.25, 0.3) is 0 Å². The quantitative estimate of drug-likeness (QED) is 0.764. The summed E-state index contributed by atoms with van der Waals surface area (Å²) in [5.41, 5.74) is 6.88. The topological polar surface area (TPSA) is 118 Å². The van der Waals surface area contributed by atoms with E-state index in [-0.39, 0.29) is 24.7 Å². The highest BCUT2D eigenvalue weighted by molar-refractivity contribution is 5.81. The lowest BCUT2D eigenvalue weighted by Crippen LogP contribution is -2.32. The van der Waals surface area contributed by atoms with Gasteiger partial charge in [-0.3, -0.25) is 4.57 Å². The average molecular weight is 309 g/mol. The van der Waals surface area contributed by atoms with Crippen LogP contribution in [0.4, 0.5) is 5.82 Å². The number of imidazole rings is 1. The van der Waals surface area contributed by atoms with E-state index in [0.29, 0.717) is 23.6 Å². The van der Waals surface area contributed by atoms with Crippen LogP contribution in [0.25, 0.3) is 11.2 Å². The van der Waals surface area contributed by atoms with E-state index in [2.05, 4.69) is 15.0 Å². The van der Waals surface area contributed by atoms with Crippen molar-refractivity contribution in [2.75, 3.05) is 33.2 Å². The normalized spacial score (nSPS) is 28.5. The zero-order valence-corrected chi connectivity index (χ0v) is 12.4. The van der Waals surface area contributed by atoms with Crippen molar-refractivity contribution >= 4 is 17.0 Å². The molecule has 1 saturated heterocycles. The first-order valence-electron chi connectivity index (χ1n) is 6.92. The Morgan fingerprint density at radius 1 is 1.36 bits per heavy atom. The van der Waals surface area contributed by atoms with Crippen LogP contribution in [0.15, 0.2) is 12.7 Å². The number of methoxy groups -OCH3 is 2. The van der Waals surface area contributed by atoms with E-state index in [1.165, 1.54) is 6.33 Å². The minimum Gasteiger partial charge on any atom is -0.396 e.